The highest BCUT2D eigenvalue weighted by Gasteiger charge is 2.11. The van der Waals surface area contributed by atoms with E-state index in [1.807, 2.05) is 42.5 Å². The van der Waals surface area contributed by atoms with E-state index >= 15 is 0 Å². The van der Waals surface area contributed by atoms with E-state index in [0.717, 1.165) is 12.0 Å². The molecule has 2 rings (SSSR count). The predicted octanol–water partition coefficient (Wildman–Crippen LogP) is 2.92. The Morgan fingerprint density at radius 3 is 2.30 bits per heavy atom. The predicted molar refractivity (Wildman–Crippen MR) is 113 cm³/mol. The molecule has 0 heterocycles. The van der Waals surface area contributed by atoms with Gasteiger partial charge in [-0.1, -0.05) is 61.5 Å². The van der Waals surface area contributed by atoms with Gasteiger partial charge >= 0.3 is 0 Å². The smallest absolute Gasteiger partial charge is 0.191 e. The zero-order valence-corrected chi connectivity index (χ0v) is 16.9. The van der Waals surface area contributed by atoms with Crippen molar-refractivity contribution in [2.75, 3.05) is 19.3 Å². The Morgan fingerprint density at radius 1 is 0.963 bits per heavy atom. The van der Waals surface area contributed by atoms with Crippen LogP contribution in [0.3, 0.4) is 0 Å². The van der Waals surface area contributed by atoms with Crippen molar-refractivity contribution < 1.29 is 8.42 Å². The van der Waals surface area contributed by atoms with E-state index in [0.29, 0.717) is 25.5 Å². The molecule has 0 aliphatic carbocycles. The summed E-state index contributed by atoms with van der Waals surface area (Å²) in [4.78, 5) is 4.21. The average molecular weight is 388 g/mol. The summed E-state index contributed by atoms with van der Waals surface area (Å²) in [5.41, 5.74) is 3.39. The van der Waals surface area contributed by atoms with E-state index in [9.17, 15) is 8.42 Å². The van der Waals surface area contributed by atoms with Crippen molar-refractivity contribution >= 4 is 15.8 Å². The van der Waals surface area contributed by atoms with Crippen LogP contribution in [0.15, 0.2) is 59.6 Å². The third kappa shape index (κ3) is 7.43. The maximum atomic E-state index is 12.2. The molecule has 0 aromatic heterocycles. The Balaban J connectivity index is 1.74. The molecule has 0 saturated heterocycles. The van der Waals surface area contributed by atoms with Crippen molar-refractivity contribution in [3.8, 4) is 0 Å². The van der Waals surface area contributed by atoms with Crippen molar-refractivity contribution in [3.63, 3.8) is 0 Å². The quantitative estimate of drug-likeness (QED) is 0.394. The van der Waals surface area contributed by atoms with Crippen LogP contribution in [0.2, 0.25) is 0 Å². The Morgan fingerprint density at radius 2 is 1.63 bits per heavy atom. The number of sulfone groups is 1. The van der Waals surface area contributed by atoms with Gasteiger partial charge in [-0.2, -0.15) is 0 Å². The molecule has 27 heavy (non-hydrogen) atoms. The first-order chi connectivity index (χ1) is 13.0. The fourth-order valence-corrected chi connectivity index (χ4v) is 4.30. The molecule has 0 aliphatic rings. The molecule has 0 fully saturated rings. The second-order valence-corrected chi connectivity index (χ2v) is 8.59. The minimum atomic E-state index is -3.10. The van der Waals surface area contributed by atoms with Crippen molar-refractivity contribution in [1.29, 1.82) is 0 Å². The van der Waals surface area contributed by atoms with Crippen molar-refractivity contribution in [3.05, 3.63) is 71.3 Å². The summed E-state index contributed by atoms with van der Waals surface area (Å²) in [6.07, 6.45) is 1.53. The molecule has 0 spiro atoms. The van der Waals surface area contributed by atoms with E-state index < -0.39 is 9.84 Å². The average Bonchev–Trinajstić information content (AvgIpc) is 2.68. The fourth-order valence-electron chi connectivity index (χ4n) is 2.87. The van der Waals surface area contributed by atoms with Crippen LogP contribution in [0.25, 0.3) is 0 Å². The first-order valence-corrected chi connectivity index (χ1v) is 11.1. The fraction of sp³-hybridized carbons (Fsp3) is 0.381. The first-order valence-electron chi connectivity index (χ1n) is 9.29. The number of aryl methyl sites for hydroxylation is 1. The van der Waals surface area contributed by atoms with Gasteiger partial charge in [-0.05, 0) is 29.5 Å². The minimum absolute atomic E-state index is 0.0919. The van der Waals surface area contributed by atoms with Crippen LogP contribution in [0, 0.1) is 0 Å². The lowest BCUT2D eigenvalue weighted by Gasteiger charge is -2.14. The van der Waals surface area contributed by atoms with E-state index in [-0.39, 0.29) is 11.5 Å². The van der Waals surface area contributed by atoms with Gasteiger partial charge in [0.05, 0.1) is 11.5 Å². The molecule has 0 unspecified atom stereocenters. The highest BCUT2D eigenvalue weighted by molar-refractivity contribution is 7.90. The van der Waals surface area contributed by atoms with E-state index in [2.05, 4.69) is 34.7 Å². The monoisotopic (exact) mass is 387 g/mol. The molecule has 0 amide bonds. The summed E-state index contributed by atoms with van der Waals surface area (Å²) in [6, 6.07) is 17.6. The second kappa shape index (κ2) is 10.7. The van der Waals surface area contributed by atoms with Gasteiger partial charge in [0.25, 0.3) is 0 Å². The number of guanidine groups is 1. The maximum absolute atomic E-state index is 12.2. The Bertz CT molecular complexity index is 834. The lowest BCUT2D eigenvalue weighted by molar-refractivity contribution is 0.591. The second-order valence-electron chi connectivity index (χ2n) is 6.41. The van der Waals surface area contributed by atoms with Crippen LogP contribution >= 0.6 is 0 Å². The molecule has 6 heteroatoms. The maximum Gasteiger partial charge on any atom is 0.191 e. The normalized spacial score (nSPS) is 12.0. The number of hydrogen-bond acceptors (Lipinski definition) is 3. The summed E-state index contributed by atoms with van der Waals surface area (Å²) >= 11 is 0. The number of nitrogens with one attached hydrogen (secondary N) is 2. The highest BCUT2D eigenvalue weighted by Crippen LogP contribution is 2.09. The molecule has 0 saturated carbocycles. The van der Waals surface area contributed by atoms with E-state index in [1.165, 1.54) is 11.1 Å². The molecule has 146 valence electrons. The zero-order chi connectivity index (χ0) is 19.5. The Hall–Kier alpha value is -2.34. The molecular weight excluding hydrogens is 358 g/mol. The van der Waals surface area contributed by atoms with Gasteiger partial charge in [0.15, 0.2) is 15.8 Å². The van der Waals surface area contributed by atoms with Gasteiger partial charge in [0, 0.05) is 20.1 Å². The summed E-state index contributed by atoms with van der Waals surface area (Å²) in [6.45, 7) is 3.39. The number of hydrogen-bond donors (Lipinski definition) is 2. The molecule has 2 aromatic carbocycles. The summed E-state index contributed by atoms with van der Waals surface area (Å²) in [7, 11) is -1.39. The molecule has 2 N–H and O–H groups in total. The Kier molecular flexibility index (Phi) is 8.33. The number of benzene rings is 2. The van der Waals surface area contributed by atoms with Gasteiger partial charge in [0.1, 0.15) is 0 Å². The molecule has 0 aliphatic heterocycles. The molecule has 0 atom stereocenters. The van der Waals surface area contributed by atoms with Gasteiger partial charge < -0.3 is 10.6 Å². The topological polar surface area (TPSA) is 70.6 Å². The number of aliphatic imine (C=N–C) groups is 1. The third-order valence-electron chi connectivity index (χ3n) is 4.32. The largest absolute Gasteiger partial charge is 0.356 e. The van der Waals surface area contributed by atoms with E-state index in [4.69, 9.17) is 0 Å². The van der Waals surface area contributed by atoms with E-state index in [1.54, 1.807) is 7.05 Å². The lowest BCUT2D eigenvalue weighted by atomic mass is 10.1. The van der Waals surface area contributed by atoms with Gasteiger partial charge in [0.2, 0.25) is 0 Å². The van der Waals surface area contributed by atoms with Crippen LogP contribution in [0.4, 0.5) is 0 Å². The first kappa shape index (κ1) is 21.0. The van der Waals surface area contributed by atoms with Crippen LogP contribution in [0.1, 0.15) is 30.0 Å². The SMILES string of the molecule is CCc1ccccc1CNC(=NC)NCCCS(=O)(=O)Cc1ccccc1. The van der Waals surface area contributed by atoms with Crippen LogP contribution < -0.4 is 10.6 Å². The lowest BCUT2D eigenvalue weighted by Crippen LogP contribution is -2.38. The molecule has 5 nitrogen and oxygen atoms in total. The van der Waals surface area contributed by atoms with Crippen molar-refractivity contribution in [2.24, 2.45) is 4.99 Å². The standard InChI is InChI=1S/C21H29N3O2S/c1-3-19-12-7-8-13-20(19)16-24-21(22-2)23-14-9-15-27(25,26)17-18-10-5-4-6-11-18/h4-8,10-13H,3,9,14-17H2,1-2H3,(H2,22,23,24). The van der Waals surface area contributed by atoms with Crippen molar-refractivity contribution in [1.82, 2.24) is 10.6 Å². The molecule has 0 radical (unpaired) electrons. The minimum Gasteiger partial charge on any atom is -0.356 e. The Labute approximate surface area is 162 Å². The van der Waals surface area contributed by atoms with Gasteiger partial charge in [-0.3, -0.25) is 4.99 Å². The molecule has 2 aromatic rings. The van der Waals surface area contributed by atoms with Crippen LogP contribution in [-0.4, -0.2) is 33.7 Å². The van der Waals surface area contributed by atoms with Crippen LogP contribution in [-0.2, 0) is 28.6 Å². The molecular formula is C21H29N3O2S. The zero-order valence-electron chi connectivity index (χ0n) is 16.1. The number of rotatable bonds is 9. The molecule has 0 bridgehead atoms. The third-order valence-corrected chi connectivity index (χ3v) is 6.01. The number of nitrogens with zero attached hydrogens (tertiary/aromatic N) is 1. The summed E-state index contributed by atoms with van der Waals surface area (Å²) in [5.74, 6) is 0.931. The van der Waals surface area contributed by atoms with Gasteiger partial charge in [-0.25, -0.2) is 8.42 Å². The van der Waals surface area contributed by atoms with Gasteiger partial charge in [-0.15, -0.1) is 0 Å². The summed E-state index contributed by atoms with van der Waals surface area (Å²) < 4.78 is 24.4. The summed E-state index contributed by atoms with van der Waals surface area (Å²) in [5, 5.41) is 6.48. The highest BCUT2D eigenvalue weighted by atomic mass is 32.2. The van der Waals surface area contributed by atoms with Crippen molar-refractivity contribution in [2.45, 2.75) is 32.1 Å². The van der Waals surface area contributed by atoms with Crippen LogP contribution in [0.5, 0.6) is 0 Å².